The van der Waals surface area contributed by atoms with Gasteiger partial charge in [-0.1, -0.05) is 65.8 Å². The molecule has 0 aliphatic heterocycles. The molecular weight excluding hydrogens is 290 g/mol. The predicted octanol–water partition coefficient (Wildman–Crippen LogP) is 4.30. The van der Waals surface area contributed by atoms with Crippen LogP contribution in [0, 0.1) is 0 Å². The van der Waals surface area contributed by atoms with Crippen molar-refractivity contribution in [3.8, 4) is 0 Å². The second kappa shape index (κ2) is 6.17. The molecule has 0 spiro atoms. The zero-order chi connectivity index (χ0) is 12.8. The summed E-state index contributed by atoms with van der Waals surface area (Å²) in [7, 11) is 0. The van der Waals surface area contributed by atoms with Crippen LogP contribution in [0.5, 0.6) is 0 Å². The van der Waals surface area contributed by atoms with Crippen molar-refractivity contribution in [1.82, 2.24) is 0 Å². The zero-order valence-corrected chi connectivity index (χ0v) is 11.2. The lowest BCUT2D eigenvalue weighted by Crippen LogP contribution is -2.00. The van der Waals surface area contributed by atoms with Gasteiger partial charge in [0.25, 0.3) is 0 Å². The third-order valence-corrected chi connectivity index (χ3v) is 3.07. The Labute approximate surface area is 114 Å². The molecule has 3 heteroatoms. The van der Waals surface area contributed by atoms with Crippen molar-refractivity contribution in [2.45, 2.75) is 0 Å². The molecule has 0 fully saturated rings. The molecule has 0 heterocycles. The Kier molecular flexibility index (Phi) is 4.31. The van der Waals surface area contributed by atoms with Crippen LogP contribution in [0.3, 0.4) is 0 Å². The molecule has 2 nitrogen and oxygen atoms in total. The topological polar surface area (TPSA) is 32.6 Å². The maximum absolute atomic E-state index is 9.15. The van der Waals surface area contributed by atoms with E-state index in [-0.39, 0.29) is 0 Å². The quantitative estimate of drug-likeness (QED) is 0.512. The van der Waals surface area contributed by atoms with Crippen molar-refractivity contribution < 1.29 is 5.21 Å². The summed E-state index contributed by atoms with van der Waals surface area (Å²) in [6, 6.07) is 19.4. The highest BCUT2D eigenvalue weighted by atomic mass is 79.9. The van der Waals surface area contributed by atoms with Crippen molar-refractivity contribution in [1.29, 1.82) is 0 Å². The van der Waals surface area contributed by atoms with E-state index in [1.165, 1.54) is 0 Å². The minimum Gasteiger partial charge on any atom is -0.410 e. The summed E-state index contributed by atoms with van der Waals surface area (Å²) in [6.45, 7) is 0. The Morgan fingerprint density at radius 2 is 1.50 bits per heavy atom. The molecule has 0 atom stereocenters. The van der Waals surface area contributed by atoms with Gasteiger partial charge in [0.05, 0.1) is 0 Å². The van der Waals surface area contributed by atoms with Crippen molar-refractivity contribution in [3.63, 3.8) is 0 Å². The standard InChI is InChI=1S/C15H12BrNO/c16-14(11-12-7-3-1-4-8-12)15(17-18)13-9-5-2-6-10-13/h1-11,18H/b14-11-,17-15+. The molecule has 2 rings (SSSR count). The van der Waals surface area contributed by atoms with Gasteiger partial charge >= 0.3 is 0 Å². The fourth-order valence-electron chi connectivity index (χ4n) is 1.60. The summed E-state index contributed by atoms with van der Waals surface area (Å²) in [6.07, 6.45) is 1.92. The first kappa shape index (κ1) is 12.6. The van der Waals surface area contributed by atoms with Crippen LogP contribution in [0.25, 0.3) is 6.08 Å². The van der Waals surface area contributed by atoms with Crippen LogP contribution in [0.4, 0.5) is 0 Å². The summed E-state index contributed by atoms with van der Waals surface area (Å²) in [4.78, 5) is 0. The number of nitrogens with zero attached hydrogens (tertiary/aromatic N) is 1. The fraction of sp³-hybridized carbons (Fsp3) is 0. The maximum Gasteiger partial charge on any atom is 0.124 e. The first-order valence-corrected chi connectivity index (χ1v) is 6.30. The van der Waals surface area contributed by atoms with Crippen molar-refractivity contribution in [2.75, 3.05) is 0 Å². The number of rotatable bonds is 3. The summed E-state index contributed by atoms with van der Waals surface area (Å²) in [5.74, 6) is 0. The predicted molar refractivity (Wildman–Crippen MR) is 78.1 cm³/mol. The molecule has 0 aliphatic carbocycles. The molecule has 0 aliphatic rings. The largest absolute Gasteiger partial charge is 0.410 e. The van der Waals surface area contributed by atoms with Gasteiger partial charge in [-0.15, -0.1) is 0 Å². The maximum atomic E-state index is 9.15. The van der Waals surface area contributed by atoms with Crippen LogP contribution < -0.4 is 0 Å². The third-order valence-electron chi connectivity index (χ3n) is 2.47. The molecule has 0 unspecified atom stereocenters. The van der Waals surface area contributed by atoms with Crippen molar-refractivity contribution in [3.05, 3.63) is 76.3 Å². The number of halogens is 1. The minimum absolute atomic E-state index is 0.513. The zero-order valence-electron chi connectivity index (χ0n) is 9.62. The van der Waals surface area contributed by atoms with E-state index in [1.807, 2.05) is 66.7 Å². The number of benzene rings is 2. The number of oxime groups is 1. The molecule has 0 aromatic heterocycles. The van der Waals surface area contributed by atoms with E-state index in [2.05, 4.69) is 21.1 Å². The molecule has 0 saturated carbocycles. The van der Waals surface area contributed by atoms with E-state index in [9.17, 15) is 0 Å². The molecule has 1 N–H and O–H groups in total. The minimum atomic E-state index is 0.513. The normalized spacial score (nSPS) is 12.5. The van der Waals surface area contributed by atoms with Gasteiger partial charge in [-0.3, -0.25) is 0 Å². The number of allylic oxidation sites excluding steroid dienone is 1. The lowest BCUT2D eigenvalue weighted by atomic mass is 10.1. The monoisotopic (exact) mass is 301 g/mol. The Hall–Kier alpha value is -1.87. The highest BCUT2D eigenvalue weighted by Gasteiger charge is 2.07. The van der Waals surface area contributed by atoms with Gasteiger partial charge < -0.3 is 5.21 Å². The van der Waals surface area contributed by atoms with Crippen LogP contribution >= 0.6 is 15.9 Å². The molecule has 90 valence electrons. The highest BCUT2D eigenvalue weighted by Crippen LogP contribution is 2.18. The van der Waals surface area contributed by atoms with Crippen LogP contribution in [-0.4, -0.2) is 10.9 Å². The summed E-state index contributed by atoms with van der Waals surface area (Å²) in [5, 5.41) is 12.5. The van der Waals surface area contributed by atoms with Crippen molar-refractivity contribution >= 4 is 27.7 Å². The average molecular weight is 302 g/mol. The van der Waals surface area contributed by atoms with E-state index in [0.29, 0.717) is 5.71 Å². The Morgan fingerprint density at radius 1 is 0.944 bits per heavy atom. The molecule has 0 bridgehead atoms. The SMILES string of the molecule is O/N=C(/C(Br)=C/c1ccccc1)c1ccccc1. The third kappa shape index (κ3) is 3.08. The smallest absolute Gasteiger partial charge is 0.124 e. The molecule has 2 aromatic rings. The van der Waals surface area contributed by atoms with Crippen LogP contribution in [0.15, 0.2) is 70.3 Å². The second-order valence-corrected chi connectivity index (χ2v) is 4.57. The van der Waals surface area contributed by atoms with Gasteiger partial charge in [0, 0.05) is 10.0 Å². The summed E-state index contributed by atoms with van der Waals surface area (Å²) >= 11 is 3.45. The first-order chi connectivity index (χ1) is 8.81. The van der Waals surface area contributed by atoms with Gasteiger partial charge in [0.2, 0.25) is 0 Å². The van der Waals surface area contributed by atoms with Crippen LogP contribution in [0.1, 0.15) is 11.1 Å². The van der Waals surface area contributed by atoms with E-state index < -0.39 is 0 Å². The van der Waals surface area contributed by atoms with Crippen molar-refractivity contribution in [2.24, 2.45) is 5.16 Å². The molecule has 0 radical (unpaired) electrons. The van der Waals surface area contributed by atoms with Gasteiger partial charge in [0.15, 0.2) is 0 Å². The lowest BCUT2D eigenvalue weighted by Gasteiger charge is -2.03. The Bertz CT molecular complexity index is 562. The molecular formula is C15H12BrNO. The molecule has 18 heavy (non-hydrogen) atoms. The summed E-state index contributed by atoms with van der Waals surface area (Å²) in [5.41, 5.74) is 2.42. The van der Waals surface area contributed by atoms with Crippen LogP contribution in [0.2, 0.25) is 0 Å². The number of hydrogen-bond acceptors (Lipinski definition) is 2. The molecule has 0 saturated heterocycles. The Balaban J connectivity index is 2.33. The number of hydrogen-bond donors (Lipinski definition) is 1. The highest BCUT2D eigenvalue weighted by molar-refractivity contribution is 9.12. The van der Waals surface area contributed by atoms with E-state index >= 15 is 0 Å². The van der Waals surface area contributed by atoms with Gasteiger partial charge in [0.1, 0.15) is 5.71 Å². The van der Waals surface area contributed by atoms with Crippen LogP contribution in [-0.2, 0) is 0 Å². The average Bonchev–Trinajstić information content (AvgIpc) is 2.42. The fourth-order valence-corrected chi connectivity index (χ4v) is 2.18. The van der Waals surface area contributed by atoms with Gasteiger partial charge in [-0.2, -0.15) is 0 Å². The second-order valence-electron chi connectivity index (χ2n) is 3.72. The lowest BCUT2D eigenvalue weighted by molar-refractivity contribution is 0.320. The molecule has 0 amide bonds. The first-order valence-electron chi connectivity index (χ1n) is 5.51. The van der Waals surface area contributed by atoms with E-state index in [4.69, 9.17) is 5.21 Å². The Morgan fingerprint density at radius 3 is 2.06 bits per heavy atom. The van der Waals surface area contributed by atoms with Gasteiger partial charge in [-0.05, 0) is 27.6 Å². The molecule has 2 aromatic carbocycles. The van der Waals surface area contributed by atoms with Gasteiger partial charge in [-0.25, -0.2) is 0 Å². The van der Waals surface area contributed by atoms with E-state index in [1.54, 1.807) is 0 Å². The van der Waals surface area contributed by atoms with E-state index in [0.717, 1.165) is 15.6 Å². The summed E-state index contributed by atoms with van der Waals surface area (Å²) < 4.78 is 0.738.